The summed E-state index contributed by atoms with van der Waals surface area (Å²) >= 11 is 0. The summed E-state index contributed by atoms with van der Waals surface area (Å²) in [6, 6.07) is 2.90. The molecule has 21 heavy (non-hydrogen) atoms. The molecule has 0 N–H and O–H groups in total. The van der Waals surface area contributed by atoms with Crippen LogP contribution in [0.5, 0.6) is 0 Å². The van der Waals surface area contributed by atoms with Gasteiger partial charge < -0.3 is 13.3 Å². The molecule has 4 aliphatic rings. The second-order valence-electron chi connectivity index (χ2n) is 7.98. The third-order valence-electron chi connectivity index (χ3n) is 5.05. The zero-order valence-electron chi connectivity index (χ0n) is 13.9. The molecule has 3 heterocycles. The lowest BCUT2D eigenvalue weighted by atomic mass is 9.91. The maximum Gasteiger partial charge on any atom is 0.501 e. The normalized spacial score (nSPS) is 41.0. The Morgan fingerprint density at radius 1 is 1.05 bits per heavy atom. The van der Waals surface area contributed by atoms with Crippen molar-refractivity contribution in [1.82, 2.24) is 4.90 Å². The minimum absolute atomic E-state index is 0.354. The van der Waals surface area contributed by atoms with Crippen molar-refractivity contribution in [3.63, 3.8) is 0 Å². The monoisotopic (exact) mass is 329 g/mol. The Hall–Kier alpha value is 0.274. The lowest BCUT2D eigenvalue weighted by Crippen LogP contribution is -2.62. The van der Waals surface area contributed by atoms with Crippen molar-refractivity contribution in [2.24, 2.45) is 0 Å². The quantitative estimate of drug-likeness (QED) is 0.745. The summed E-state index contributed by atoms with van der Waals surface area (Å²) < 4.78 is 19.1. The van der Waals surface area contributed by atoms with E-state index in [1.807, 2.05) is 0 Å². The molecule has 0 radical (unpaired) electrons. The first-order valence-corrected chi connectivity index (χ1v) is 14.3. The van der Waals surface area contributed by atoms with Crippen LogP contribution in [0.4, 0.5) is 0 Å². The van der Waals surface area contributed by atoms with E-state index in [9.17, 15) is 0 Å². The van der Waals surface area contributed by atoms with Crippen LogP contribution >= 0.6 is 0 Å². The second kappa shape index (κ2) is 6.41. The van der Waals surface area contributed by atoms with Gasteiger partial charge in [-0.25, -0.2) is 0 Å². The maximum atomic E-state index is 6.62. The van der Waals surface area contributed by atoms with Crippen molar-refractivity contribution >= 4 is 16.9 Å². The van der Waals surface area contributed by atoms with Gasteiger partial charge in [-0.2, -0.15) is 0 Å². The van der Waals surface area contributed by atoms with Gasteiger partial charge in [0.05, 0.1) is 19.3 Å². The van der Waals surface area contributed by atoms with Gasteiger partial charge in [0.25, 0.3) is 0 Å². The van der Waals surface area contributed by atoms with Crippen LogP contribution < -0.4 is 0 Å². The molecule has 4 fully saturated rings. The maximum absolute atomic E-state index is 6.62. The van der Waals surface area contributed by atoms with Gasteiger partial charge in [-0.05, 0) is 12.8 Å². The first-order chi connectivity index (χ1) is 9.98. The number of hydrogen-bond acceptors (Lipinski definition) is 4. The van der Waals surface area contributed by atoms with Gasteiger partial charge in [-0.15, -0.1) is 0 Å². The molecule has 3 aliphatic heterocycles. The topological polar surface area (TPSA) is 30.9 Å². The van der Waals surface area contributed by atoms with Crippen LogP contribution in [0, 0.1) is 0 Å². The Balaban J connectivity index is 1.77. The van der Waals surface area contributed by atoms with Crippen LogP contribution in [-0.4, -0.2) is 60.2 Å². The zero-order chi connectivity index (χ0) is 14.9. The van der Waals surface area contributed by atoms with Gasteiger partial charge in [0.15, 0.2) is 0 Å². The van der Waals surface area contributed by atoms with Crippen molar-refractivity contribution < 1.29 is 13.3 Å². The van der Waals surface area contributed by atoms with E-state index < -0.39 is 16.9 Å². The molecular formula is C15H31NO3Si2. The van der Waals surface area contributed by atoms with Crippen LogP contribution in [0.15, 0.2) is 0 Å². The highest BCUT2D eigenvalue weighted by Gasteiger charge is 2.49. The van der Waals surface area contributed by atoms with Crippen LogP contribution in [0.1, 0.15) is 25.7 Å². The first-order valence-electron chi connectivity index (χ1n) is 8.67. The molecule has 3 saturated heterocycles. The van der Waals surface area contributed by atoms with Gasteiger partial charge in [-0.1, -0.05) is 38.5 Å². The summed E-state index contributed by atoms with van der Waals surface area (Å²) in [5.41, 5.74) is 0. The average molecular weight is 330 g/mol. The zero-order valence-corrected chi connectivity index (χ0v) is 15.9. The molecule has 4 nitrogen and oxygen atoms in total. The standard InChI is InChI=1S/C15H31NO3Si2/c1-20(2,3)12-13-21-17-10-8-16(9-11-18-21)14-6-4-5-7-15(14)19-21/h14-15H,4-13H2,1-3H3. The third kappa shape index (κ3) is 3.97. The predicted octanol–water partition coefficient (Wildman–Crippen LogP) is 2.95. The Morgan fingerprint density at radius 2 is 1.71 bits per heavy atom. The summed E-state index contributed by atoms with van der Waals surface area (Å²) in [6.07, 6.45) is 5.49. The Labute approximate surface area is 131 Å². The van der Waals surface area contributed by atoms with E-state index in [0.29, 0.717) is 12.1 Å². The van der Waals surface area contributed by atoms with Crippen LogP contribution in [0.25, 0.3) is 0 Å². The molecule has 0 aromatic carbocycles. The highest BCUT2D eigenvalue weighted by Crippen LogP contribution is 2.34. The number of fused-ring (bicyclic) bond motifs is 4. The van der Waals surface area contributed by atoms with Gasteiger partial charge in [0.2, 0.25) is 0 Å². The van der Waals surface area contributed by atoms with Gasteiger partial charge in [0.1, 0.15) is 0 Å². The summed E-state index contributed by atoms with van der Waals surface area (Å²) in [4.78, 5) is 2.56. The fourth-order valence-corrected chi connectivity index (χ4v) is 10.2. The van der Waals surface area contributed by atoms with E-state index in [0.717, 1.165) is 32.3 Å². The summed E-state index contributed by atoms with van der Waals surface area (Å²) in [7, 11) is -3.53. The fourth-order valence-electron chi connectivity index (χ4n) is 3.78. The summed E-state index contributed by atoms with van der Waals surface area (Å²) in [6.45, 7) is 11.0. The van der Waals surface area contributed by atoms with Crippen LogP contribution in [0.2, 0.25) is 31.7 Å². The van der Waals surface area contributed by atoms with Crippen molar-refractivity contribution in [3.05, 3.63) is 0 Å². The minimum atomic E-state index is -2.44. The minimum Gasteiger partial charge on any atom is -0.372 e. The molecule has 0 amide bonds. The molecule has 2 unspecified atom stereocenters. The van der Waals surface area contributed by atoms with Crippen LogP contribution in [-0.2, 0) is 13.3 Å². The van der Waals surface area contributed by atoms with E-state index >= 15 is 0 Å². The van der Waals surface area contributed by atoms with Crippen LogP contribution in [0.3, 0.4) is 0 Å². The molecule has 0 spiro atoms. The molecule has 1 aliphatic carbocycles. The van der Waals surface area contributed by atoms with Crippen molar-refractivity contribution in [3.8, 4) is 0 Å². The molecule has 4 rings (SSSR count). The van der Waals surface area contributed by atoms with E-state index in [2.05, 4.69) is 24.5 Å². The highest BCUT2D eigenvalue weighted by molar-refractivity contribution is 6.77. The van der Waals surface area contributed by atoms with Crippen molar-refractivity contribution in [2.45, 2.75) is 69.6 Å². The lowest BCUT2D eigenvalue weighted by molar-refractivity contribution is -0.0817. The van der Waals surface area contributed by atoms with E-state index in [1.165, 1.54) is 31.7 Å². The van der Waals surface area contributed by atoms with Gasteiger partial charge >= 0.3 is 8.80 Å². The SMILES string of the molecule is C[Si](C)(C)CC[Si]12OCCN(CCO1)C1CCCCC1O2. The molecule has 6 heteroatoms. The van der Waals surface area contributed by atoms with Gasteiger partial charge in [-0.3, -0.25) is 4.90 Å². The van der Waals surface area contributed by atoms with E-state index in [1.54, 1.807) is 0 Å². The Kier molecular flexibility index (Phi) is 4.93. The molecule has 0 aromatic heterocycles. The summed E-state index contributed by atoms with van der Waals surface area (Å²) in [5, 5.41) is 0. The van der Waals surface area contributed by atoms with E-state index in [-0.39, 0.29) is 0 Å². The Bertz CT molecular complexity index is 351. The molecular weight excluding hydrogens is 298 g/mol. The Morgan fingerprint density at radius 3 is 2.38 bits per heavy atom. The second-order valence-corrected chi connectivity index (χ2v) is 16.3. The van der Waals surface area contributed by atoms with E-state index in [4.69, 9.17) is 13.3 Å². The largest absolute Gasteiger partial charge is 0.501 e. The summed E-state index contributed by atoms with van der Waals surface area (Å²) in [5.74, 6) is 0. The molecule has 122 valence electrons. The lowest BCUT2D eigenvalue weighted by Gasteiger charge is -2.48. The molecule has 1 saturated carbocycles. The van der Waals surface area contributed by atoms with Gasteiger partial charge in [0, 0.05) is 33.2 Å². The molecule has 2 atom stereocenters. The average Bonchev–Trinajstić information content (AvgIpc) is 2.36. The molecule has 2 bridgehead atoms. The third-order valence-corrected chi connectivity index (χ3v) is 10.1. The number of nitrogens with zero attached hydrogens (tertiary/aromatic N) is 1. The smallest absolute Gasteiger partial charge is 0.372 e. The van der Waals surface area contributed by atoms with Crippen molar-refractivity contribution in [1.29, 1.82) is 0 Å². The fraction of sp³-hybridized carbons (Fsp3) is 1.00. The van der Waals surface area contributed by atoms with Crippen molar-refractivity contribution in [2.75, 3.05) is 26.3 Å². The number of rotatable bonds is 3. The molecule has 0 aromatic rings. The predicted molar refractivity (Wildman–Crippen MR) is 89.3 cm³/mol. The highest BCUT2D eigenvalue weighted by atomic mass is 28.4. The number of hydrogen-bond donors (Lipinski definition) is 0. The first kappa shape index (κ1) is 16.1.